The van der Waals surface area contributed by atoms with Crippen molar-refractivity contribution >= 4 is 57.6 Å². The topological polar surface area (TPSA) is 57.6 Å². The molecule has 0 aliphatic carbocycles. The van der Waals surface area contributed by atoms with E-state index in [1.807, 2.05) is 12.1 Å². The van der Waals surface area contributed by atoms with Crippen molar-refractivity contribution in [3.63, 3.8) is 0 Å². The molecular formula is C16H10FNO3S3. The van der Waals surface area contributed by atoms with E-state index in [2.05, 4.69) is 0 Å². The molecule has 1 aromatic heterocycles. The molecule has 1 aromatic carbocycles. The van der Waals surface area contributed by atoms with Gasteiger partial charge >= 0.3 is 5.97 Å². The van der Waals surface area contributed by atoms with Gasteiger partial charge in [-0.3, -0.25) is 14.5 Å². The summed E-state index contributed by atoms with van der Waals surface area (Å²) in [5.41, 5.74) is 0.888. The third-order valence-electron chi connectivity index (χ3n) is 3.20. The highest BCUT2D eigenvalue weighted by atomic mass is 32.2. The summed E-state index contributed by atoms with van der Waals surface area (Å²) in [7, 11) is 0. The number of benzene rings is 1. The standard InChI is InChI=1S/C16H10FNO3S3/c17-10-3-1-9(2-4-10)12-6-5-11(23-12)7-13-15(21)18(8-14(19)20)16(22)24-13/h1-7H,8H2,(H,19,20)/b13-7+. The molecule has 122 valence electrons. The number of aliphatic carboxylic acids is 1. The molecule has 1 fully saturated rings. The number of amides is 1. The minimum Gasteiger partial charge on any atom is -0.480 e. The van der Waals surface area contributed by atoms with E-state index >= 15 is 0 Å². The van der Waals surface area contributed by atoms with E-state index in [1.54, 1.807) is 18.2 Å². The fourth-order valence-corrected chi connectivity index (χ4v) is 4.38. The van der Waals surface area contributed by atoms with Gasteiger partial charge in [-0.25, -0.2) is 4.39 Å². The summed E-state index contributed by atoms with van der Waals surface area (Å²) in [4.78, 5) is 26.3. The second-order valence-electron chi connectivity index (χ2n) is 4.87. The van der Waals surface area contributed by atoms with Crippen LogP contribution in [-0.4, -0.2) is 32.7 Å². The summed E-state index contributed by atoms with van der Waals surface area (Å²) in [6, 6.07) is 9.92. The molecule has 8 heteroatoms. The van der Waals surface area contributed by atoms with E-state index < -0.39 is 18.4 Å². The number of thiocarbonyl (C=S) groups is 1. The van der Waals surface area contributed by atoms with Gasteiger partial charge in [0.25, 0.3) is 5.91 Å². The fourth-order valence-electron chi connectivity index (χ4n) is 2.10. The normalized spacial score (nSPS) is 16.2. The molecule has 24 heavy (non-hydrogen) atoms. The zero-order chi connectivity index (χ0) is 17.3. The highest BCUT2D eigenvalue weighted by molar-refractivity contribution is 8.26. The Balaban J connectivity index is 1.82. The highest BCUT2D eigenvalue weighted by Gasteiger charge is 2.33. The number of hydrogen-bond donors (Lipinski definition) is 1. The largest absolute Gasteiger partial charge is 0.480 e. The maximum atomic E-state index is 13.0. The Hall–Kier alpha value is -2.03. The molecule has 0 radical (unpaired) electrons. The van der Waals surface area contributed by atoms with Gasteiger partial charge in [-0.2, -0.15) is 0 Å². The van der Waals surface area contributed by atoms with Crippen LogP contribution in [0.15, 0.2) is 41.3 Å². The summed E-state index contributed by atoms with van der Waals surface area (Å²) in [6.45, 7) is -0.437. The van der Waals surface area contributed by atoms with Crippen molar-refractivity contribution in [2.24, 2.45) is 0 Å². The summed E-state index contributed by atoms with van der Waals surface area (Å²) < 4.78 is 13.2. The predicted molar refractivity (Wildman–Crippen MR) is 97.2 cm³/mol. The SMILES string of the molecule is O=C(O)CN1C(=O)/C(=C\c2ccc(-c3ccc(F)cc3)s2)SC1=S. The number of carbonyl (C=O) groups is 2. The van der Waals surface area contributed by atoms with Crippen molar-refractivity contribution in [3.8, 4) is 10.4 Å². The lowest BCUT2D eigenvalue weighted by Crippen LogP contribution is -2.33. The van der Waals surface area contributed by atoms with Gasteiger partial charge in [0.1, 0.15) is 16.7 Å². The number of thiophene rings is 1. The van der Waals surface area contributed by atoms with E-state index in [4.69, 9.17) is 17.3 Å². The molecule has 3 rings (SSSR count). The zero-order valence-electron chi connectivity index (χ0n) is 12.1. The van der Waals surface area contributed by atoms with Crippen molar-refractivity contribution in [2.75, 3.05) is 6.54 Å². The number of thioether (sulfide) groups is 1. The first-order valence-electron chi connectivity index (χ1n) is 6.77. The minimum atomic E-state index is -1.11. The Morgan fingerprint density at radius 1 is 1.25 bits per heavy atom. The average Bonchev–Trinajstić information content (AvgIpc) is 3.09. The van der Waals surface area contributed by atoms with Gasteiger partial charge in [0.15, 0.2) is 0 Å². The first kappa shape index (κ1) is 16.8. The van der Waals surface area contributed by atoms with Gasteiger partial charge in [0.2, 0.25) is 0 Å². The second kappa shape index (κ2) is 6.84. The molecule has 4 nitrogen and oxygen atoms in total. The molecule has 1 aliphatic rings. The number of carbonyl (C=O) groups excluding carboxylic acids is 1. The van der Waals surface area contributed by atoms with E-state index in [1.165, 1.54) is 23.5 Å². The summed E-state index contributed by atoms with van der Waals surface area (Å²) in [6.07, 6.45) is 1.69. The van der Waals surface area contributed by atoms with Crippen molar-refractivity contribution in [1.29, 1.82) is 0 Å². The molecular weight excluding hydrogens is 369 g/mol. The number of carboxylic acids is 1. The Bertz CT molecular complexity index is 858. The third-order valence-corrected chi connectivity index (χ3v) is 5.65. The first-order valence-corrected chi connectivity index (χ1v) is 8.81. The second-order valence-corrected chi connectivity index (χ2v) is 7.66. The molecule has 0 atom stereocenters. The zero-order valence-corrected chi connectivity index (χ0v) is 14.5. The number of rotatable bonds is 4. The van der Waals surface area contributed by atoms with E-state index in [-0.39, 0.29) is 10.1 Å². The molecule has 2 heterocycles. The fraction of sp³-hybridized carbons (Fsp3) is 0.0625. The average molecular weight is 379 g/mol. The number of halogens is 1. The van der Waals surface area contributed by atoms with Crippen molar-refractivity contribution in [1.82, 2.24) is 4.90 Å². The molecule has 1 amide bonds. The van der Waals surface area contributed by atoms with E-state index in [0.29, 0.717) is 4.91 Å². The molecule has 1 N–H and O–H groups in total. The summed E-state index contributed by atoms with van der Waals surface area (Å²) >= 11 is 7.60. The summed E-state index contributed by atoms with van der Waals surface area (Å²) in [5, 5.41) is 8.83. The smallest absolute Gasteiger partial charge is 0.323 e. The van der Waals surface area contributed by atoms with Crippen molar-refractivity contribution < 1.29 is 19.1 Å². The van der Waals surface area contributed by atoms with Crippen LogP contribution in [0, 0.1) is 5.82 Å². The first-order chi connectivity index (χ1) is 11.4. The minimum absolute atomic E-state index is 0.240. The monoisotopic (exact) mass is 379 g/mol. The van der Waals surface area contributed by atoms with Crippen molar-refractivity contribution in [2.45, 2.75) is 0 Å². The van der Waals surface area contributed by atoms with Crippen LogP contribution in [0.3, 0.4) is 0 Å². The maximum absolute atomic E-state index is 13.0. The molecule has 0 unspecified atom stereocenters. The van der Waals surface area contributed by atoms with Crippen LogP contribution in [-0.2, 0) is 9.59 Å². The van der Waals surface area contributed by atoms with Gasteiger partial charge in [-0.15, -0.1) is 11.3 Å². The number of carboxylic acid groups (broad SMARTS) is 1. The third kappa shape index (κ3) is 3.55. The summed E-state index contributed by atoms with van der Waals surface area (Å²) in [5.74, 6) is -1.80. The molecule has 1 aliphatic heterocycles. The maximum Gasteiger partial charge on any atom is 0.323 e. The van der Waals surface area contributed by atoms with Gasteiger partial charge < -0.3 is 5.11 Å². The lowest BCUT2D eigenvalue weighted by molar-refractivity contribution is -0.140. The Kier molecular flexibility index (Phi) is 4.79. The van der Waals surface area contributed by atoms with Gasteiger partial charge in [-0.1, -0.05) is 36.1 Å². The van der Waals surface area contributed by atoms with Gasteiger partial charge in [0.05, 0.1) is 4.91 Å². The van der Waals surface area contributed by atoms with Crippen LogP contribution in [0.1, 0.15) is 4.88 Å². The van der Waals surface area contributed by atoms with Crippen LogP contribution in [0.5, 0.6) is 0 Å². The van der Waals surface area contributed by atoms with E-state index in [9.17, 15) is 14.0 Å². The number of nitrogens with zero attached hydrogens (tertiary/aromatic N) is 1. The van der Waals surface area contributed by atoms with Crippen LogP contribution >= 0.6 is 35.3 Å². The Morgan fingerprint density at radius 2 is 1.96 bits per heavy atom. The van der Waals surface area contributed by atoms with Crippen LogP contribution in [0.25, 0.3) is 16.5 Å². The molecule has 0 spiro atoms. The predicted octanol–water partition coefficient (Wildman–Crippen LogP) is 3.84. The molecule has 2 aromatic rings. The molecule has 0 saturated carbocycles. The van der Waals surface area contributed by atoms with Crippen LogP contribution in [0.2, 0.25) is 0 Å². The Morgan fingerprint density at radius 3 is 2.62 bits per heavy atom. The lowest BCUT2D eigenvalue weighted by atomic mass is 10.2. The van der Waals surface area contributed by atoms with Gasteiger partial charge in [0, 0.05) is 9.75 Å². The molecule has 1 saturated heterocycles. The van der Waals surface area contributed by atoms with Crippen LogP contribution in [0.4, 0.5) is 4.39 Å². The van der Waals surface area contributed by atoms with Crippen molar-refractivity contribution in [3.05, 3.63) is 52.0 Å². The lowest BCUT2D eigenvalue weighted by Gasteiger charge is -2.09. The highest BCUT2D eigenvalue weighted by Crippen LogP contribution is 2.35. The van der Waals surface area contributed by atoms with Crippen LogP contribution < -0.4 is 0 Å². The van der Waals surface area contributed by atoms with E-state index in [0.717, 1.165) is 32.0 Å². The Labute approximate surface area is 150 Å². The van der Waals surface area contributed by atoms with Gasteiger partial charge in [-0.05, 0) is 35.9 Å². The number of hydrogen-bond acceptors (Lipinski definition) is 5. The molecule has 0 bridgehead atoms. The quantitative estimate of drug-likeness (QED) is 0.646.